The van der Waals surface area contributed by atoms with Crippen LogP contribution in [-0.4, -0.2) is 19.7 Å². The molecule has 0 fully saturated rings. The minimum Gasteiger partial charge on any atom is -0.490 e. The largest absolute Gasteiger partial charge is 0.490 e. The van der Waals surface area contributed by atoms with Crippen molar-refractivity contribution in [3.8, 4) is 5.75 Å². The lowest BCUT2D eigenvalue weighted by atomic mass is 9.95. The van der Waals surface area contributed by atoms with E-state index in [9.17, 15) is 0 Å². The predicted molar refractivity (Wildman–Crippen MR) is 68.7 cm³/mol. The third-order valence-corrected chi connectivity index (χ3v) is 3.37. The SMILES string of the molecule is CCN1CCOc2ccc(C(C)C)c(C)c21. The van der Waals surface area contributed by atoms with Gasteiger partial charge in [-0.25, -0.2) is 0 Å². The molecular weight excluding hydrogens is 198 g/mol. The molecule has 2 rings (SSSR count). The monoisotopic (exact) mass is 219 g/mol. The third kappa shape index (κ3) is 1.77. The quantitative estimate of drug-likeness (QED) is 0.756. The predicted octanol–water partition coefficient (Wildman–Crippen LogP) is 3.34. The van der Waals surface area contributed by atoms with E-state index >= 15 is 0 Å². The number of fused-ring (bicyclic) bond motifs is 1. The van der Waals surface area contributed by atoms with Gasteiger partial charge in [0, 0.05) is 6.54 Å². The van der Waals surface area contributed by atoms with Gasteiger partial charge in [0.1, 0.15) is 12.4 Å². The van der Waals surface area contributed by atoms with Crippen molar-refractivity contribution in [1.29, 1.82) is 0 Å². The Morgan fingerprint density at radius 2 is 2.12 bits per heavy atom. The van der Waals surface area contributed by atoms with E-state index in [1.165, 1.54) is 16.8 Å². The highest BCUT2D eigenvalue weighted by Gasteiger charge is 2.21. The molecule has 0 aliphatic carbocycles. The minimum atomic E-state index is 0.575. The molecule has 0 N–H and O–H groups in total. The van der Waals surface area contributed by atoms with Crippen molar-refractivity contribution < 1.29 is 4.74 Å². The molecule has 2 heteroatoms. The lowest BCUT2D eigenvalue weighted by Crippen LogP contribution is -2.33. The Hall–Kier alpha value is -1.18. The van der Waals surface area contributed by atoms with Crippen LogP contribution in [0, 0.1) is 6.92 Å². The molecule has 0 bridgehead atoms. The first-order valence-corrected chi connectivity index (χ1v) is 6.16. The molecule has 2 nitrogen and oxygen atoms in total. The molecule has 0 spiro atoms. The van der Waals surface area contributed by atoms with Crippen LogP contribution in [0.15, 0.2) is 12.1 Å². The topological polar surface area (TPSA) is 12.5 Å². The van der Waals surface area contributed by atoms with Crippen molar-refractivity contribution >= 4 is 5.69 Å². The second-order valence-electron chi connectivity index (χ2n) is 4.71. The van der Waals surface area contributed by atoms with Crippen LogP contribution < -0.4 is 9.64 Å². The fourth-order valence-corrected chi connectivity index (χ4v) is 2.52. The number of ether oxygens (including phenoxy) is 1. The zero-order valence-electron chi connectivity index (χ0n) is 10.7. The highest BCUT2D eigenvalue weighted by Crippen LogP contribution is 2.38. The third-order valence-electron chi connectivity index (χ3n) is 3.37. The number of benzene rings is 1. The first-order valence-electron chi connectivity index (χ1n) is 6.16. The van der Waals surface area contributed by atoms with Gasteiger partial charge in [-0.2, -0.15) is 0 Å². The molecule has 0 saturated heterocycles. The van der Waals surface area contributed by atoms with Gasteiger partial charge in [-0.15, -0.1) is 0 Å². The Morgan fingerprint density at radius 3 is 2.75 bits per heavy atom. The molecule has 0 radical (unpaired) electrons. The summed E-state index contributed by atoms with van der Waals surface area (Å²) in [5.74, 6) is 1.63. The number of anilines is 1. The molecule has 1 aromatic rings. The maximum atomic E-state index is 5.73. The van der Waals surface area contributed by atoms with E-state index in [1.807, 2.05) is 0 Å². The average Bonchev–Trinajstić information content (AvgIpc) is 2.28. The van der Waals surface area contributed by atoms with Gasteiger partial charge in [0.2, 0.25) is 0 Å². The number of rotatable bonds is 2. The molecule has 0 unspecified atom stereocenters. The van der Waals surface area contributed by atoms with E-state index in [0.29, 0.717) is 5.92 Å². The van der Waals surface area contributed by atoms with Crippen LogP contribution in [0.4, 0.5) is 5.69 Å². The van der Waals surface area contributed by atoms with Gasteiger partial charge >= 0.3 is 0 Å². The summed E-state index contributed by atoms with van der Waals surface area (Å²) in [5.41, 5.74) is 4.12. The fraction of sp³-hybridized carbons (Fsp3) is 0.571. The molecule has 1 heterocycles. The molecule has 1 aliphatic rings. The van der Waals surface area contributed by atoms with E-state index in [2.05, 4.69) is 44.7 Å². The van der Waals surface area contributed by atoms with Crippen LogP contribution in [0.25, 0.3) is 0 Å². The summed E-state index contributed by atoms with van der Waals surface area (Å²) in [6.07, 6.45) is 0. The fourth-order valence-electron chi connectivity index (χ4n) is 2.52. The van der Waals surface area contributed by atoms with Crippen LogP contribution in [0.1, 0.15) is 37.8 Å². The molecular formula is C14H21NO. The van der Waals surface area contributed by atoms with E-state index in [1.54, 1.807) is 0 Å². The number of likely N-dealkylation sites (N-methyl/N-ethyl adjacent to an activating group) is 1. The summed E-state index contributed by atoms with van der Waals surface area (Å²) < 4.78 is 5.73. The Balaban J connectivity index is 2.52. The maximum absolute atomic E-state index is 5.73. The van der Waals surface area contributed by atoms with Gasteiger partial charge in [-0.1, -0.05) is 19.9 Å². The van der Waals surface area contributed by atoms with Crippen LogP contribution in [0.5, 0.6) is 5.75 Å². The summed E-state index contributed by atoms with van der Waals surface area (Å²) in [4.78, 5) is 2.42. The molecule has 0 atom stereocenters. The Labute approximate surface area is 98.2 Å². The van der Waals surface area contributed by atoms with Gasteiger partial charge in [-0.3, -0.25) is 0 Å². The van der Waals surface area contributed by atoms with Crippen molar-refractivity contribution in [3.63, 3.8) is 0 Å². The summed E-state index contributed by atoms with van der Waals surface area (Å²) in [6.45, 7) is 11.8. The van der Waals surface area contributed by atoms with E-state index in [-0.39, 0.29) is 0 Å². The molecule has 1 aromatic carbocycles. The Morgan fingerprint density at radius 1 is 1.38 bits per heavy atom. The van der Waals surface area contributed by atoms with Crippen molar-refractivity contribution in [2.75, 3.05) is 24.6 Å². The molecule has 0 aromatic heterocycles. The smallest absolute Gasteiger partial charge is 0.142 e. The Bertz CT molecular complexity index is 385. The molecule has 88 valence electrons. The van der Waals surface area contributed by atoms with Crippen molar-refractivity contribution in [1.82, 2.24) is 0 Å². The standard InChI is InChI=1S/C14H21NO/c1-5-15-8-9-16-13-7-6-12(10(2)3)11(4)14(13)15/h6-7,10H,5,8-9H2,1-4H3. The maximum Gasteiger partial charge on any atom is 0.142 e. The van der Waals surface area contributed by atoms with E-state index in [0.717, 1.165) is 25.4 Å². The van der Waals surface area contributed by atoms with Gasteiger partial charge in [-0.05, 0) is 37.0 Å². The second kappa shape index (κ2) is 4.36. The second-order valence-corrected chi connectivity index (χ2v) is 4.71. The highest BCUT2D eigenvalue weighted by atomic mass is 16.5. The van der Waals surface area contributed by atoms with Gasteiger partial charge < -0.3 is 9.64 Å². The average molecular weight is 219 g/mol. The summed E-state index contributed by atoms with van der Waals surface area (Å²) in [5, 5.41) is 0. The summed E-state index contributed by atoms with van der Waals surface area (Å²) in [7, 11) is 0. The van der Waals surface area contributed by atoms with Crippen LogP contribution in [-0.2, 0) is 0 Å². The van der Waals surface area contributed by atoms with Gasteiger partial charge in [0.25, 0.3) is 0 Å². The first kappa shape index (κ1) is 11.3. The zero-order valence-corrected chi connectivity index (χ0v) is 10.7. The number of hydrogen-bond acceptors (Lipinski definition) is 2. The van der Waals surface area contributed by atoms with Crippen LogP contribution in [0.2, 0.25) is 0 Å². The lowest BCUT2D eigenvalue weighted by Gasteiger charge is -2.33. The highest BCUT2D eigenvalue weighted by molar-refractivity contribution is 5.67. The first-order chi connectivity index (χ1) is 7.65. The van der Waals surface area contributed by atoms with E-state index < -0.39 is 0 Å². The molecule has 1 aliphatic heterocycles. The van der Waals surface area contributed by atoms with Gasteiger partial charge in [0.15, 0.2) is 0 Å². The Kier molecular flexibility index (Phi) is 3.08. The van der Waals surface area contributed by atoms with Crippen molar-refractivity contribution in [2.45, 2.75) is 33.6 Å². The summed E-state index contributed by atoms with van der Waals surface area (Å²) >= 11 is 0. The summed E-state index contributed by atoms with van der Waals surface area (Å²) in [6, 6.07) is 4.33. The van der Waals surface area contributed by atoms with E-state index in [4.69, 9.17) is 4.74 Å². The molecule has 0 amide bonds. The van der Waals surface area contributed by atoms with Crippen LogP contribution in [0.3, 0.4) is 0 Å². The van der Waals surface area contributed by atoms with Crippen molar-refractivity contribution in [2.24, 2.45) is 0 Å². The zero-order chi connectivity index (χ0) is 11.7. The minimum absolute atomic E-state index is 0.575. The lowest BCUT2D eigenvalue weighted by molar-refractivity contribution is 0.308. The number of nitrogens with zero attached hydrogens (tertiary/aromatic N) is 1. The van der Waals surface area contributed by atoms with Crippen molar-refractivity contribution in [3.05, 3.63) is 23.3 Å². The molecule has 16 heavy (non-hydrogen) atoms. The molecule has 0 saturated carbocycles. The van der Waals surface area contributed by atoms with Gasteiger partial charge in [0.05, 0.1) is 12.2 Å². The number of hydrogen-bond donors (Lipinski definition) is 0. The van der Waals surface area contributed by atoms with Crippen LogP contribution >= 0.6 is 0 Å². The normalized spacial score (nSPS) is 14.9.